The van der Waals surface area contributed by atoms with Crippen molar-refractivity contribution in [1.29, 1.82) is 0 Å². The van der Waals surface area contributed by atoms with E-state index in [9.17, 15) is 18.4 Å². The van der Waals surface area contributed by atoms with Gasteiger partial charge in [-0.1, -0.05) is 42.5 Å². The van der Waals surface area contributed by atoms with E-state index in [1.54, 1.807) is 24.3 Å². The average molecular weight is 366 g/mol. The number of halogens is 2. The second-order valence-electron chi connectivity index (χ2n) is 5.80. The largest absolute Gasteiger partial charge is 0.348 e. The van der Waals surface area contributed by atoms with E-state index in [-0.39, 0.29) is 22.7 Å². The Balaban J connectivity index is 1.74. The van der Waals surface area contributed by atoms with Gasteiger partial charge in [-0.05, 0) is 35.9 Å². The monoisotopic (exact) mass is 366 g/mol. The third kappa shape index (κ3) is 4.55. The van der Waals surface area contributed by atoms with Crippen LogP contribution in [0.5, 0.6) is 0 Å². The van der Waals surface area contributed by atoms with Gasteiger partial charge in [-0.2, -0.15) is 0 Å². The maximum absolute atomic E-state index is 13.3. The van der Waals surface area contributed by atoms with Crippen LogP contribution in [0.25, 0.3) is 0 Å². The quantitative estimate of drug-likeness (QED) is 0.713. The fraction of sp³-hybridized carbons (Fsp3) is 0.0476. The summed E-state index contributed by atoms with van der Waals surface area (Å²) in [6.45, 7) is 0.338. The number of anilines is 1. The molecule has 3 aromatic rings. The highest BCUT2D eigenvalue weighted by molar-refractivity contribution is 6.09. The lowest BCUT2D eigenvalue weighted by molar-refractivity contribution is 0.0952. The molecule has 0 bridgehead atoms. The van der Waals surface area contributed by atoms with Gasteiger partial charge in [-0.25, -0.2) is 8.78 Å². The van der Waals surface area contributed by atoms with Gasteiger partial charge in [0.2, 0.25) is 0 Å². The fourth-order valence-electron chi connectivity index (χ4n) is 2.50. The summed E-state index contributed by atoms with van der Waals surface area (Å²) >= 11 is 0. The van der Waals surface area contributed by atoms with Crippen LogP contribution in [-0.2, 0) is 6.54 Å². The zero-order valence-corrected chi connectivity index (χ0v) is 14.2. The average Bonchev–Trinajstić information content (AvgIpc) is 2.69. The van der Waals surface area contributed by atoms with Gasteiger partial charge in [0.15, 0.2) is 11.6 Å². The van der Waals surface area contributed by atoms with Gasteiger partial charge in [0.1, 0.15) is 0 Å². The van der Waals surface area contributed by atoms with Crippen LogP contribution in [0.4, 0.5) is 14.5 Å². The lowest BCUT2D eigenvalue weighted by Gasteiger charge is -2.12. The number of amides is 2. The molecule has 0 atom stereocenters. The Morgan fingerprint density at radius 1 is 0.778 bits per heavy atom. The predicted molar refractivity (Wildman–Crippen MR) is 98.4 cm³/mol. The molecule has 4 nitrogen and oxygen atoms in total. The van der Waals surface area contributed by atoms with Crippen molar-refractivity contribution in [3.63, 3.8) is 0 Å². The lowest BCUT2D eigenvalue weighted by atomic mass is 10.1. The van der Waals surface area contributed by atoms with Gasteiger partial charge >= 0.3 is 0 Å². The first-order valence-electron chi connectivity index (χ1n) is 8.22. The zero-order valence-electron chi connectivity index (χ0n) is 14.2. The Morgan fingerprint density at radius 3 is 2.22 bits per heavy atom. The summed E-state index contributed by atoms with van der Waals surface area (Å²) in [6, 6.07) is 18.7. The van der Waals surface area contributed by atoms with Gasteiger partial charge in [0, 0.05) is 12.1 Å². The molecule has 0 aromatic heterocycles. The van der Waals surface area contributed by atoms with Crippen LogP contribution < -0.4 is 10.6 Å². The maximum atomic E-state index is 13.3. The van der Waals surface area contributed by atoms with Crippen molar-refractivity contribution < 1.29 is 18.4 Å². The van der Waals surface area contributed by atoms with Gasteiger partial charge in [0.25, 0.3) is 11.8 Å². The standard InChI is InChI=1S/C21H16F2N2O2/c22-17-11-10-15(12-18(17)23)20(26)25-19-9-5-4-8-16(19)21(27)24-13-14-6-2-1-3-7-14/h1-12H,13H2,(H,24,27)(H,25,26). The molecule has 27 heavy (non-hydrogen) atoms. The third-order valence-corrected chi connectivity index (χ3v) is 3.90. The minimum atomic E-state index is -1.11. The summed E-state index contributed by atoms with van der Waals surface area (Å²) in [6.07, 6.45) is 0. The van der Waals surface area contributed by atoms with Crippen LogP contribution in [0.15, 0.2) is 72.8 Å². The molecule has 0 radical (unpaired) electrons. The molecule has 2 amide bonds. The minimum absolute atomic E-state index is 0.0478. The first-order chi connectivity index (χ1) is 13.0. The fourth-order valence-corrected chi connectivity index (χ4v) is 2.50. The molecule has 3 aromatic carbocycles. The van der Waals surface area contributed by atoms with Gasteiger partial charge in [0.05, 0.1) is 11.3 Å². The number of hydrogen-bond donors (Lipinski definition) is 2. The van der Waals surface area contributed by atoms with E-state index in [1.165, 1.54) is 6.07 Å². The molecule has 0 aliphatic heterocycles. The molecule has 0 saturated heterocycles. The van der Waals surface area contributed by atoms with Crippen molar-refractivity contribution in [1.82, 2.24) is 5.32 Å². The number of carbonyl (C=O) groups is 2. The molecule has 2 N–H and O–H groups in total. The van der Waals surface area contributed by atoms with E-state index in [0.29, 0.717) is 6.54 Å². The Morgan fingerprint density at radius 2 is 1.48 bits per heavy atom. The third-order valence-electron chi connectivity index (χ3n) is 3.90. The topological polar surface area (TPSA) is 58.2 Å². The maximum Gasteiger partial charge on any atom is 0.255 e. The molecule has 0 heterocycles. The Hall–Kier alpha value is -3.54. The zero-order chi connectivity index (χ0) is 19.2. The second kappa shape index (κ2) is 8.23. The van der Waals surface area contributed by atoms with Crippen LogP contribution in [0.1, 0.15) is 26.3 Å². The molecule has 0 aliphatic rings. The summed E-state index contributed by atoms with van der Waals surface area (Å²) in [5.41, 5.74) is 1.43. The number of nitrogens with one attached hydrogen (secondary N) is 2. The van der Waals surface area contributed by atoms with E-state index >= 15 is 0 Å². The van der Waals surface area contributed by atoms with Crippen molar-refractivity contribution in [3.05, 3.63) is 101 Å². The first kappa shape index (κ1) is 18.3. The molecule has 0 unspecified atom stereocenters. The number of hydrogen-bond acceptors (Lipinski definition) is 2. The molecule has 0 fully saturated rings. The van der Waals surface area contributed by atoms with Crippen LogP contribution in [0.2, 0.25) is 0 Å². The molecular weight excluding hydrogens is 350 g/mol. The summed E-state index contributed by atoms with van der Waals surface area (Å²) in [7, 11) is 0. The molecule has 3 rings (SSSR count). The van der Waals surface area contributed by atoms with Crippen LogP contribution in [-0.4, -0.2) is 11.8 Å². The van der Waals surface area contributed by atoms with Crippen LogP contribution in [0, 0.1) is 11.6 Å². The summed E-state index contributed by atoms with van der Waals surface area (Å²) < 4.78 is 26.4. The predicted octanol–water partition coefficient (Wildman–Crippen LogP) is 4.15. The highest BCUT2D eigenvalue weighted by Gasteiger charge is 2.15. The van der Waals surface area contributed by atoms with Crippen molar-refractivity contribution in [2.75, 3.05) is 5.32 Å². The molecule has 0 aliphatic carbocycles. The van der Waals surface area contributed by atoms with E-state index in [4.69, 9.17) is 0 Å². The number of carbonyl (C=O) groups excluding carboxylic acids is 2. The van der Waals surface area contributed by atoms with E-state index in [0.717, 1.165) is 17.7 Å². The smallest absolute Gasteiger partial charge is 0.255 e. The first-order valence-corrected chi connectivity index (χ1v) is 8.22. The minimum Gasteiger partial charge on any atom is -0.348 e. The van der Waals surface area contributed by atoms with Crippen molar-refractivity contribution in [2.45, 2.75) is 6.54 Å². The Bertz CT molecular complexity index is 975. The number of para-hydroxylation sites is 1. The van der Waals surface area contributed by atoms with Crippen LogP contribution >= 0.6 is 0 Å². The van der Waals surface area contributed by atoms with E-state index < -0.39 is 17.5 Å². The summed E-state index contributed by atoms with van der Waals surface area (Å²) in [5.74, 6) is -3.15. The molecule has 0 spiro atoms. The highest BCUT2D eigenvalue weighted by atomic mass is 19.2. The van der Waals surface area contributed by atoms with Gasteiger partial charge in [-0.15, -0.1) is 0 Å². The Labute approximate surface area is 154 Å². The van der Waals surface area contributed by atoms with Gasteiger partial charge < -0.3 is 10.6 Å². The lowest BCUT2D eigenvalue weighted by Crippen LogP contribution is -2.24. The van der Waals surface area contributed by atoms with Crippen molar-refractivity contribution >= 4 is 17.5 Å². The normalized spacial score (nSPS) is 10.3. The number of rotatable bonds is 5. The second-order valence-corrected chi connectivity index (χ2v) is 5.80. The van der Waals surface area contributed by atoms with E-state index in [2.05, 4.69) is 10.6 Å². The van der Waals surface area contributed by atoms with Crippen LogP contribution in [0.3, 0.4) is 0 Å². The summed E-state index contributed by atoms with van der Waals surface area (Å²) in [4.78, 5) is 24.8. The number of benzene rings is 3. The summed E-state index contributed by atoms with van der Waals surface area (Å²) in [5, 5.41) is 5.35. The Kier molecular flexibility index (Phi) is 5.56. The van der Waals surface area contributed by atoms with Crippen molar-refractivity contribution in [3.8, 4) is 0 Å². The molecule has 0 saturated carbocycles. The van der Waals surface area contributed by atoms with E-state index in [1.807, 2.05) is 30.3 Å². The molecular formula is C21H16F2N2O2. The molecule has 136 valence electrons. The van der Waals surface area contributed by atoms with Gasteiger partial charge in [-0.3, -0.25) is 9.59 Å². The van der Waals surface area contributed by atoms with Crippen molar-refractivity contribution in [2.24, 2.45) is 0 Å². The molecule has 6 heteroatoms. The SMILES string of the molecule is O=C(Nc1ccccc1C(=O)NCc1ccccc1)c1ccc(F)c(F)c1. The highest BCUT2D eigenvalue weighted by Crippen LogP contribution is 2.17.